The smallest absolute Gasteiger partial charge is 0.306 e. The van der Waals surface area contributed by atoms with E-state index >= 15 is 0 Å². The van der Waals surface area contributed by atoms with Crippen LogP contribution in [0, 0.1) is 0 Å². The van der Waals surface area contributed by atoms with Crippen LogP contribution in [0.3, 0.4) is 0 Å². The van der Waals surface area contributed by atoms with E-state index in [2.05, 4.69) is 0 Å². The molecule has 1 heterocycles. The van der Waals surface area contributed by atoms with Gasteiger partial charge in [0.05, 0.1) is 13.0 Å². The standard InChI is InChI=1S/C22H22O7/c1-2-11-26-17-6-3-15(4-7-17)18(23)8-10-22(25)27-13-19(24)16-5-9-20-21(12-16)29-14-28-20/h3-7,9,12H,2,8,10-11,13-14H2,1H3. The van der Waals surface area contributed by atoms with Crippen molar-refractivity contribution in [1.82, 2.24) is 0 Å². The third-order valence-electron chi connectivity index (χ3n) is 4.26. The molecule has 29 heavy (non-hydrogen) atoms. The number of Topliss-reactive ketones (excluding diaryl/α,β-unsaturated/α-hetero) is 2. The molecule has 2 aromatic carbocycles. The molecule has 0 radical (unpaired) electrons. The van der Waals surface area contributed by atoms with Crippen LogP contribution in [-0.4, -0.2) is 37.5 Å². The summed E-state index contributed by atoms with van der Waals surface area (Å²) in [4.78, 5) is 36.2. The summed E-state index contributed by atoms with van der Waals surface area (Å²) in [5.74, 6) is 0.623. The lowest BCUT2D eigenvalue weighted by Gasteiger charge is -2.06. The number of rotatable bonds is 10. The molecule has 152 valence electrons. The molecule has 0 N–H and O–H groups in total. The first-order chi connectivity index (χ1) is 14.1. The molecule has 7 heteroatoms. The van der Waals surface area contributed by atoms with E-state index < -0.39 is 12.6 Å². The van der Waals surface area contributed by atoms with Crippen LogP contribution in [0.25, 0.3) is 0 Å². The summed E-state index contributed by atoms with van der Waals surface area (Å²) in [5, 5.41) is 0. The Morgan fingerprint density at radius 1 is 0.897 bits per heavy atom. The van der Waals surface area contributed by atoms with E-state index in [0.717, 1.165) is 6.42 Å². The van der Waals surface area contributed by atoms with Gasteiger partial charge in [-0.1, -0.05) is 6.92 Å². The average molecular weight is 398 g/mol. The van der Waals surface area contributed by atoms with Crippen molar-refractivity contribution < 1.29 is 33.3 Å². The molecular weight excluding hydrogens is 376 g/mol. The van der Waals surface area contributed by atoms with Gasteiger partial charge in [-0.2, -0.15) is 0 Å². The molecule has 0 aromatic heterocycles. The van der Waals surface area contributed by atoms with Crippen LogP contribution in [0.15, 0.2) is 42.5 Å². The number of esters is 1. The Morgan fingerprint density at radius 3 is 2.38 bits per heavy atom. The monoisotopic (exact) mass is 398 g/mol. The van der Waals surface area contributed by atoms with E-state index in [-0.39, 0.29) is 31.2 Å². The van der Waals surface area contributed by atoms with Crippen molar-refractivity contribution in [1.29, 1.82) is 0 Å². The first-order valence-corrected chi connectivity index (χ1v) is 9.41. The van der Waals surface area contributed by atoms with Crippen LogP contribution < -0.4 is 14.2 Å². The fraction of sp³-hybridized carbons (Fsp3) is 0.318. The number of fused-ring (bicyclic) bond motifs is 1. The van der Waals surface area contributed by atoms with Crippen molar-refractivity contribution in [2.75, 3.05) is 20.0 Å². The molecule has 0 fully saturated rings. The minimum atomic E-state index is -0.602. The van der Waals surface area contributed by atoms with Crippen LogP contribution in [0.2, 0.25) is 0 Å². The molecule has 0 unspecified atom stereocenters. The number of ether oxygens (including phenoxy) is 4. The zero-order valence-electron chi connectivity index (χ0n) is 16.1. The van der Waals surface area contributed by atoms with Gasteiger partial charge in [-0.25, -0.2) is 0 Å². The lowest BCUT2D eigenvalue weighted by Crippen LogP contribution is -2.15. The topological polar surface area (TPSA) is 88.1 Å². The fourth-order valence-electron chi connectivity index (χ4n) is 2.69. The van der Waals surface area contributed by atoms with Gasteiger partial charge in [0.1, 0.15) is 5.75 Å². The lowest BCUT2D eigenvalue weighted by molar-refractivity contribution is -0.142. The van der Waals surface area contributed by atoms with Gasteiger partial charge in [-0.05, 0) is 48.9 Å². The van der Waals surface area contributed by atoms with Gasteiger partial charge in [-0.15, -0.1) is 0 Å². The predicted molar refractivity (Wildman–Crippen MR) is 104 cm³/mol. The number of carbonyl (C=O) groups is 3. The Kier molecular flexibility index (Phi) is 6.84. The molecule has 1 aliphatic heterocycles. The molecule has 0 saturated heterocycles. The Bertz CT molecular complexity index is 887. The van der Waals surface area contributed by atoms with E-state index in [9.17, 15) is 14.4 Å². The zero-order valence-corrected chi connectivity index (χ0v) is 16.1. The SMILES string of the molecule is CCCOc1ccc(C(=O)CCC(=O)OCC(=O)c2ccc3c(c2)OCO3)cc1. The van der Waals surface area contributed by atoms with E-state index in [1.807, 2.05) is 6.92 Å². The second kappa shape index (κ2) is 9.73. The van der Waals surface area contributed by atoms with Crippen molar-refractivity contribution in [3.05, 3.63) is 53.6 Å². The van der Waals surface area contributed by atoms with Crippen molar-refractivity contribution in [3.63, 3.8) is 0 Å². The second-order valence-electron chi connectivity index (χ2n) is 6.45. The highest BCUT2D eigenvalue weighted by atomic mass is 16.7. The van der Waals surface area contributed by atoms with E-state index in [1.54, 1.807) is 42.5 Å². The van der Waals surface area contributed by atoms with Gasteiger partial charge < -0.3 is 18.9 Å². The van der Waals surface area contributed by atoms with Gasteiger partial charge in [0.2, 0.25) is 6.79 Å². The predicted octanol–water partition coefficient (Wildman–Crippen LogP) is 3.59. The van der Waals surface area contributed by atoms with Crippen LogP contribution in [0.5, 0.6) is 17.2 Å². The molecule has 0 saturated carbocycles. The Balaban J connectivity index is 1.42. The Morgan fingerprint density at radius 2 is 1.62 bits per heavy atom. The van der Waals surface area contributed by atoms with Gasteiger partial charge in [0.25, 0.3) is 0 Å². The molecule has 3 rings (SSSR count). The number of carbonyl (C=O) groups excluding carboxylic acids is 3. The number of benzene rings is 2. The van der Waals surface area contributed by atoms with Gasteiger partial charge in [-0.3, -0.25) is 14.4 Å². The Labute approximate surface area is 168 Å². The van der Waals surface area contributed by atoms with Gasteiger partial charge in [0, 0.05) is 17.5 Å². The summed E-state index contributed by atoms with van der Waals surface area (Å²) >= 11 is 0. The molecule has 1 aliphatic rings. The molecule has 0 bridgehead atoms. The summed E-state index contributed by atoms with van der Waals surface area (Å²) in [7, 11) is 0. The van der Waals surface area contributed by atoms with E-state index in [4.69, 9.17) is 18.9 Å². The van der Waals surface area contributed by atoms with Crippen LogP contribution in [0.1, 0.15) is 46.9 Å². The lowest BCUT2D eigenvalue weighted by atomic mass is 10.1. The maximum atomic E-state index is 12.2. The number of hydrogen-bond donors (Lipinski definition) is 0. The largest absolute Gasteiger partial charge is 0.494 e. The maximum absolute atomic E-state index is 12.2. The quantitative estimate of drug-likeness (QED) is 0.446. The van der Waals surface area contributed by atoms with Crippen molar-refractivity contribution in [2.45, 2.75) is 26.2 Å². The first kappa shape index (κ1) is 20.4. The average Bonchev–Trinajstić information content (AvgIpc) is 3.22. The fourth-order valence-corrected chi connectivity index (χ4v) is 2.69. The third kappa shape index (κ3) is 5.57. The number of ketones is 2. The maximum Gasteiger partial charge on any atom is 0.306 e. The van der Waals surface area contributed by atoms with Gasteiger partial charge in [0.15, 0.2) is 29.7 Å². The summed E-state index contributed by atoms with van der Waals surface area (Å²) in [6, 6.07) is 11.6. The minimum Gasteiger partial charge on any atom is -0.494 e. The highest BCUT2D eigenvalue weighted by molar-refractivity contribution is 5.99. The van der Waals surface area contributed by atoms with Crippen LogP contribution in [-0.2, 0) is 9.53 Å². The number of hydrogen-bond acceptors (Lipinski definition) is 7. The summed E-state index contributed by atoms with van der Waals surface area (Å²) in [6.07, 6.45) is 0.813. The normalized spacial score (nSPS) is 11.8. The first-order valence-electron chi connectivity index (χ1n) is 9.41. The van der Waals surface area contributed by atoms with Crippen LogP contribution >= 0.6 is 0 Å². The van der Waals surface area contributed by atoms with Gasteiger partial charge >= 0.3 is 5.97 Å². The van der Waals surface area contributed by atoms with E-state index in [0.29, 0.717) is 35.0 Å². The summed E-state index contributed by atoms with van der Waals surface area (Å²) in [6.45, 7) is 2.35. The zero-order chi connectivity index (χ0) is 20.6. The molecule has 2 aromatic rings. The molecule has 0 spiro atoms. The molecular formula is C22H22O7. The highest BCUT2D eigenvalue weighted by Gasteiger charge is 2.17. The van der Waals surface area contributed by atoms with Crippen molar-refractivity contribution in [2.24, 2.45) is 0 Å². The highest BCUT2D eigenvalue weighted by Crippen LogP contribution is 2.32. The third-order valence-corrected chi connectivity index (χ3v) is 4.26. The van der Waals surface area contributed by atoms with Crippen molar-refractivity contribution in [3.8, 4) is 17.2 Å². The molecule has 0 amide bonds. The molecule has 0 aliphatic carbocycles. The summed E-state index contributed by atoms with van der Waals surface area (Å²) in [5.41, 5.74) is 0.863. The van der Waals surface area contributed by atoms with Crippen LogP contribution in [0.4, 0.5) is 0 Å². The summed E-state index contributed by atoms with van der Waals surface area (Å²) < 4.78 is 20.9. The second-order valence-corrected chi connectivity index (χ2v) is 6.45. The molecule has 0 atom stereocenters. The molecule has 7 nitrogen and oxygen atoms in total. The minimum absolute atomic E-state index is 0.00616. The Hall–Kier alpha value is -3.35. The van der Waals surface area contributed by atoms with E-state index in [1.165, 1.54) is 0 Å². The van der Waals surface area contributed by atoms with Crippen molar-refractivity contribution >= 4 is 17.5 Å².